The number of carbonyl (C=O) groups excluding carboxylic acids is 1. The van der Waals surface area contributed by atoms with Gasteiger partial charge in [0.25, 0.3) is 0 Å². The maximum Gasteiger partial charge on any atom is 0.305 e. The molecule has 5 nitrogen and oxygen atoms in total. The fourth-order valence-electron chi connectivity index (χ4n) is 4.06. The van der Waals surface area contributed by atoms with Crippen molar-refractivity contribution in [2.75, 3.05) is 0 Å². The highest BCUT2D eigenvalue weighted by Gasteiger charge is 2.49. The van der Waals surface area contributed by atoms with Crippen LogP contribution in [0.25, 0.3) is 0 Å². The van der Waals surface area contributed by atoms with Crippen LogP contribution in [-0.4, -0.2) is 45.7 Å². The predicted octanol–water partition coefficient (Wildman–Crippen LogP) is 8.30. The number of hydrogen-bond donors (Lipinski definition) is 1. The zero-order chi connectivity index (χ0) is 29.6. The summed E-state index contributed by atoms with van der Waals surface area (Å²) in [6.45, 7) is 31.4. The molecule has 0 aromatic carbocycles. The third-order valence-corrected chi connectivity index (χ3v) is 17.8. The van der Waals surface area contributed by atoms with Gasteiger partial charge in [-0.2, -0.15) is 0 Å². The van der Waals surface area contributed by atoms with Crippen LogP contribution in [0.1, 0.15) is 102 Å². The molecule has 0 fully saturated rings. The molecule has 4 atom stereocenters. The molecule has 216 valence electrons. The second kappa shape index (κ2) is 13.4. The van der Waals surface area contributed by atoms with E-state index in [2.05, 4.69) is 86.5 Å². The van der Waals surface area contributed by atoms with Crippen molar-refractivity contribution in [3.05, 3.63) is 0 Å². The van der Waals surface area contributed by atoms with E-state index < -0.39 is 40.0 Å². The summed E-state index contributed by atoms with van der Waals surface area (Å²) >= 11 is 0. The molecule has 0 radical (unpaired) electrons. The summed E-state index contributed by atoms with van der Waals surface area (Å²) < 4.78 is 13.6. The van der Waals surface area contributed by atoms with Gasteiger partial charge in [0, 0.05) is 17.8 Å². The zero-order valence-corrected chi connectivity index (χ0v) is 28.7. The largest absolute Gasteiger partial charge is 0.481 e. The van der Waals surface area contributed by atoms with E-state index in [0.717, 1.165) is 19.3 Å². The fraction of sp³-hybridized carbons (Fsp3) is 0.867. The molecule has 37 heavy (non-hydrogen) atoms. The van der Waals surface area contributed by atoms with Gasteiger partial charge in [0.2, 0.25) is 0 Å². The predicted molar refractivity (Wildman–Crippen MR) is 161 cm³/mol. The Hall–Kier alpha value is -0.946. The van der Waals surface area contributed by atoms with E-state index in [9.17, 15) is 14.7 Å². The quantitative estimate of drug-likeness (QED) is 0.133. The van der Waals surface area contributed by atoms with Gasteiger partial charge in [-0.15, -0.1) is 11.8 Å². The SMILES string of the molecule is CC#CCCC[C@H](C)[C@H](O[Si](C)(C)C(C)(C)C)[C@@H](C)C(=O)C(C)(C)[C@H](CC(=O)O)O[Si](C)(C)C(C)(C)C. The van der Waals surface area contributed by atoms with Crippen molar-refractivity contribution in [3.63, 3.8) is 0 Å². The number of hydrogen-bond acceptors (Lipinski definition) is 4. The minimum atomic E-state index is -2.32. The summed E-state index contributed by atoms with van der Waals surface area (Å²) in [6.07, 6.45) is 1.56. The first-order chi connectivity index (χ1) is 16.4. The van der Waals surface area contributed by atoms with Crippen LogP contribution < -0.4 is 0 Å². The first-order valence-electron chi connectivity index (χ1n) is 13.9. The molecule has 0 amide bonds. The Bertz CT molecular complexity index is 822. The molecule has 0 rings (SSSR count). The number of Topliss-reactive ketones (excluding diaryl/α,β-unsaturated/α-hetero) is 1. The standard InChI is InChI=1S/C30H58O5Si2/c1-16-17-18-19-20-22(2)26(35-37(14,15)29(7,8)9)23(3)27(33)30(10,11)24(21-25(31)32)34-36(12,13)28(4,5)6/h22-24,26H,18-21H2,1-15H3,(H,31,32)/t22-,23+,24-,26-/m0/s1. The highest BCUT2D eigenvalue weighted by Crippen LogP contribution is 2.44. The lowest BCUT2D eigenvalue weighted by atomic mass is 9.73. The van der Waals surface area contributed by atoms with Gasteiger partial charge >= 0.3 is 5.97 Å². The summed E-state index contributed by atoms with van der Waals surface area (Å²) in [4.78, 5) is 26.1. The van der Waals surface area contributed by atoms with E-state index in [-0.39, 0.29) is 34.3 Å². The number of rotatable bonds is 14. The molecule has 0 heterocycles. The zero-order valence-electron chi connectivity index (χ0n) is 26.7. The third-order valence-electron chi connectivity index (χ3n) is 8.89. The van der Waals surface area contributed by atoms with E-state index in [1.54, 1.807) is 0 Å². The van der Waals surface area contributed by atoms with Crippen molar-refractivity contribution in [2.45, 2.75) is 150 Å². The Kier molecular flexibility index (Phi) is 13.1. The average Bonchev–Trinajstić information content (AvgIpc) is 2.71. The van der Waals surface area contributed by atoms with Gasteiger partial charge in [0.1, 0.15) is 5.78 Å². The van der Waals surface area contributed by atoms with Crippen molar-refractivity contribution in [3.8, 4) is 11.8 Å². The molecule has 1 N–H and O–H groups in total. The molecule has 0 spiro atoms. The van der Waals surface area contributed by atoms with Crippen LogP contribution in [0.5, 0.6) is 0 Å². The lowest BCUT2D eigenvalue weighted by Gasteiger charge is -2.46. The van der Waals surface area contributed by atoms with Gasteiger partial charge in [-0.1, -0.05) is 69.2 Å². The fourth-order valence-corrected chi connectivity index (χ4v) is 6.97. The molecule has 0 saturated carbocycles. The van der Waals surface area contributed by atoms with Gasteiger partial charge in [0.15, 0.2) is 16.6 Å². The van der Waals surface area contributed by atoms with Crippen LogP contribution in [0.4, 0.5) is 0 Å². The van der Waals surface area contributed by atoms with E-state index in [4.69, 9.17) is 8.85 Å². The number of unbranched alkanes of at least 4 members (excludes halogenated alkanes) is 1. The molecule has 0 aliphatic carbocycles. The molecular weight excluding hydrogens is 496 g/mol. The monoisotopic (exact) mass is 554 g/mol. The lowest BCUT2D eigenvalue weighted by molar-refractivity contribution is -0.146. The average molecular weight is 555 g/mol. The molecule has 7 heteroatoms. The number of aliphatic carboxylic acids is 1. The van der Waals surface area contributed by atoms with Gasteiger partial charge in [-0.3, -0.25) is 9.59 Å². The van der Waals surface area contributed by atoms with E-state index in [0.29, 0.717) is 0 Å². The van der Waals surface area contributed by atoms with Gasteiger partial charge in [-0.05, 0) is 61.9 Å². The lowest BCUT2D eigenvalue weighted by Crippen LogP contribution is -2.54. The summed E-state index contributed by atoms with van der Waals surface area (Å²) in [5.74, 6) is 4.94. The topological polar surface area (TPSA) is 72.8 Å². The van der Waals surface area contributed by atoms with Crippen molar-refractivity contribution in [2.24, 2.45) is 17.3 Å². The number of carbonyl (C=O) groups is 2. The minimum absolute atomic E-state index is 0.00816. The number of carboxylic acids is 1. The van der Waals surface area contributed by atoms with Crippen molar-refractivity contribution < 1.29 is 23.5 Å². The Labute approximate surface area is 231 Å². The first-order valence-corrected chi connectivity index (χ1v) is 19.8. The van der Waals surface area contributed by atoms with Crippen LogP contribution in [-0.2, 0) is 18.4 Å². The molecule has 0 aromatic rings. The molecule has 0 saturated heterocycles. The molecule has 0 bridgehead atoms. The molecule has 0 aliphatic heterocycles. The van der Waals surface area contributed by atoms with Crippen LogP contribution >= 0.6 is 0 Å². The summed E-state index contributed by atoms with van der Waals surface area (Å²) in [6, 6.07) is 0. The summed E-state index contributed by atoms with van der Waals surface area (Å²) in [7, 11) is -4.48. The molecular formula is C30H58O5Si2. The minimum Gasteiger partial charge on any atom is -0.481 e. The Morgan fingerprint density at radius 1 is 0.865 bits per heavy atom. The summed E-state index contributed by atoms with van der Waals surface area (Å²) in [5.41, 5.74) is -0.976. The number of ketones is 1. The van der Waals surface area contributed by atoms with Crippen molar-refractivity contribution in [1.29, 1.82) is 0 Å². The van der Waals surface area contributed by atoms with Crippen molar-refractivity contribution >= 4 is 28.4 Å². The van der Waals surface area contributed by atoms with E-state index >= 15 is 0 Å². The Morgan fingerprint density at radius 3 is 1.73 bits per heavy atom. The van der Waals surface area contributed by atoms with Crippen molar-refractivity contribution in [1.82, 2.24) is 0 Å². The first kappa shape index (κ1) is 36.1. The highest BCUT2D eigenvalue weighted by atomic mass is 28.4. The van der Waals surface area contributed by atoms with Crippen LogP contribution in [0, 0.1) is 29.1 Å². The molecule has 0 unspecified atom stereocenters. The van der Waals surface area contributed by atoms with E-state index in [1.807, 2.05) is 27.7 Å². The number of carboxylic acid groups (broad SMARTS) is 1. The maximum atomic E-state index is 14.2. The van der Waals surface area contributed by atoms with Crippen LogP contribution in [0.3, 0.4) is 0 Å². The van der Waals surface area contributed by atoms with Gasteiger partial charge in [0.05, 0.1) is 18.6 Å². The van der Waals surface area contributed by atoms with Gasteiger partial charge < -0.3 is 14.0 Å². The second-order valence-corrected chi connectivity index (χ2v) is 24.0. The van der Waals surface area contributed by atoms with Crippen LogP contribution in [0.2, 0.25) is 36.3 Å². The summed E-state index contributed by atoms with van der Waals surface area (Å²) in [5, 5.41) is 9.65. The smallest absolute Gasteiger partial charge is 0.305 e. The highest BCUT2D eigenvalue weighted by molar-refractivity contribution is 6.74. The maximum absolute atomic E-state index is 14.2. The molecule has 0 aromatic heterocycles. The van der Waals surface area contributed by atoms with Gasteiger partial charge in [-0.25, -0.2) is 0 Å². The van der Waals surface area contributed by atoms with E-state index in [1.165, 1.54) is 0 Å². The molecule has 0 aliphatic rings. The second-order valence-electron chi connectivity index (χ2n) is 14.5. The normalized spacial score (nSPS) is 16.8. The third kappa shape index (κ3) is 10.3. The van der Waals surface area contributed by atoms with Crippen LogP contribution in [0.15, 0.2) is 0 Å². The Morgan fingerprint density at radius 2 is 1.32 bits per heavy atom. The Balaban J connectivity index is 6.32.